The highest BCUT2D eigenvalue weighted by Gasteiger charge is 2.18. The number of aromatic hydroxyl groups is 1. The van der Waals surface area contributed by atoms with E-state index in [4.69, 9.17) is 28.3 Å². The Morgan fingerprint density at radius 3 is 2.31 bits per heavy atom. The van der Waals surface area contributed by atoms with Crippen LogP contribution >= 0.6 is 35.8 Å². The molecule has 0 bridgehead atoms. The number of benzene rings is 1. The molecular weight excluding hydrogens is 241 g/mol. The monoisotopic (exact) mass is 244 g/mol. The number of phenols is 1. The van der Waals surface area contributed by atoms with Crippen molar-refractivity contribution in [2.45, 2.75) is 11.3 Å². The summed E-state index contributed by atoms with van der Waals surface area (Å²) in [7, 11) is 0. The lowest BCUT2D eigenvalue weighted by molar-refractivity contribution is 0.151. The van der Waals surface area contributed by atoms with E-state index in [1.165, 1.54) is 0 Å². The topological polar surface area (TPSA) is 20.2 Å². The van der Waals surface area contributed by atoms with Crippen LogP contribution < -0.4 is 0 Å². The lowest BCUT2D eigenvalue weighted by Crippen LogP contribution is -1.88. The lowest BCUT2D eigenvalue weighted by atomic mass is 10.2. The van der Waals surface area contributed by atoms with E-state index >= 15 is 0 Å². The van der Waals surface area contributed by atoms with E-state index in [0.717, 1.165) is 6.07 Å². The summed E-state index contributed by atoms with van der Waals surface area (Å²) in [6, 6.07) is 0.848. The van der Waals surface area contributed by atoms with E-state index in [0.29, 0.717) is 0 Å². The van der Waals surface area contributed by atoms with Gasteiger partial charge in [0.15, 0.2) is 0 Å². The van der Waals surface area contributed by atoms with Gasteiger partial charge in [-0.05, 0) is 6.07 Å². The van der Waals surface area contributed by atoms with E-state index in [9.17, 15) is 8.78 Å². The molecule has 0 spiro atoms. The van der Waals surface area contributed by atoms with Crippen molar-refractivity contribution in [3.8, 4) is 5.75 Å². The highest BCUT2D eigenvalue weighted by molar-refractivity contribution is 7.80. The average Bonchev–Trinajstić information content (AvgIpc) is 2.07. The Hall–Kier alpha value is -0.190. The second-order valence-electron chi connectivity index (χ2n) is 2.26. The predicted octanol–water partition coefficient (Wildman–Crippen LogP) is 3.93. The minimum atomic E-state index is -2.77. The number of halogens is 4. The third-order valence-corrected chi connectivity index (χ3v) is 2.89. The molecule has 0 heterocycles. The van der Waals surface area contributed by atoms with Gasteiger partial charge in [-0.2, -0.15) is 0 Å². The Labute approximate surface area is 88.7 Å². The van der Waals surface area contributed by atoms with Crippen LogP contribution in [0.25, 0.3) is 0 Å². The van der Waals surface area contributed by atoms with Crippen LogP contribution in [0.2, 0.25) is 10.0 Å². The van der Waals surface area contributed by atoms with E-state index in [-0.39, 0.29) is 14.9 Å². The van der Waals surface area contributed by atoms with Crippen LogP contribution in [0.1, 0.15) is 12.0 Å². The molecule has 0 fully saturated rings. The molecule has 1 aromatic carbocycles. The van der Waals surface area contributed by atoms with Crippen LogP contribution in [0.3, 0.4) is 0 Å². The fourth-order valence-electron chi connectivity index (χ4n) is 0.781. The molecule has 0 saturated carbocycles. The number of thiol groups is 1. The van der Waals surface area contributed by atoms with Crippen LogP contribution in [-0.2, 0) is 0 Å². The van der Waals surface area contributed by atoms with Gasteiger partial charge in [-0.25, -0.2) is 8.78 Å². The van der Waals surface area contributed by atoms with Gasteiger partial charge in [-0.3, -0.25) is 0 Å². The van der Waals surface area contributed by atoms with E-state index in [2.05, 4.69) is 12.6 Å². The quantitative estimate of drug-likeness (QED) is 0.718. The maximum Gasteiger partial charge on any atom is 0.265 e. The van der Waals surface area contributed by atoms with Crippen molar-refractivity contribution in [3.05, 3.63) is 21.7 Å². The fraction of sp³-hybridized carbons (Fsp3) is 0.143. The molecular formula is C7H4Cl2F2OS. The third kappa shape index (κ3) is 2.00. The van der Waals surface area contributed by atoms with Gasteiger partial charge in [-0.15, -0.1) is 12.6 Å². The summed E-state index contributed by atoms with van der Waals surface area (Å²) in [5.41, 5.74) is -0.498. The molecule has 13 heavy (non-hydrogen) atoms. The van der Waals surface area contributed by atoms with Gasteiger partial charge in [0.25, 0.3) is 6.43 Å². The highest BCUT2D eigenvalue weighted by Crippen LogP contribution is 2.41. The average molecular weight is 245 g/mol. The molecule has 1 rings (SSSR count). The van der Waals surface area contributed by atoms with Gasteiger partial charge < -0.3 is 5.11 Å². The van der Waals surface area contributed by atoms with Crippen molar-refractivity contribution >= 4 is 35.8 Å². The zero-order chi connectivity index (χ0) is 10.2. The maximum atomic E-state index is 12.2. The summed E-state index contributed by atoms with van der Waals surface area (Å²) in [4.78, 5) is -0.00364. The van der Waals surface area contributed by atoms with Crippen molar-refractivity contribution in [2.24, 2.45) is 0 Å². The Bertz CT molecular complexity index is 344. The van der Waals surface area contributed by atoms with Crippen molar-refractivity contribution < 1.29 is 13.9 Å². The summed E-state index contributed by atoms with van der Waals surface area (Å²) >= 11 is 14.8. The molecule has 0 aliphatic carbocycles. The predicted molar refractivity (Wildman–Crippen MR) is 50.3 cm³/mol. The van der Waals surface area contributed by atoms with E-state index < -0.39 is 17.7 Å². The number of hydrogen-bond acceptors (Lipinski definition) is 2. The van der Waals surface area contributed by atoms with Gasteiger partial charge in [0.1, 0.15) is 5.75 Å². The van der Waals surface area contributed by atoms with Gasteiger partial charge in [0.05, 0.1) is 14.9 Å². The molecule has 0 aliphatic heterocycles. The highest BCUT2D eigenvalue weighted by atomic mass is 35.5. The first-order valence-electron chi connectivity index (χ1n) is 3.13. The van der Waals surface area contributed by atoms with Gasteiger partial charge in [-0.1, -0.05) is 23.2 Å². The Morgan fingerprint density at radius 1 is 1.31 bits per heavy atom. The molecule has 72 valence electrons. The second kappa shape index (κ2) is 3.90. The van der Waals surface area contributed by atoms with Crippen LogP contribution in [0.5, 0.6) is 5.75 Å². The largest absolute Gasteiger partial charge is 0.507 e. The third-order valence-electron chi connectivity index (χ3n) is 1.42. The summed E-state index contributed by atoms with van der Waals surface area (Å²) in [5.74, 6) is -0.409. The van der Waals surface area contributed by atoms with Crippen molar-refractivity contribution in [3.63, 3.8) is 0 Å². The van der Waals surface area contributed by atoms with Gasteiger partial charge >= 0.3 is 0 Å². The van der Waals surface area contributed by atoms with Crippen molar-refractivity contribution in [2.75, 3.05) is 0 Å². The molecule has 1 nitrogen and oxygen atoms in total. The Morgan fingerprint density at radius 2 is 1.85 bits per heavy atom. The first-order chi connectivity index (χ1) is 5.95. The smallest absolute Gasteiger partial charge is 0.265 e. The van der Waals surface area contributed by atoms with Crippen LogP contribution in [0.4, 0.5) is 8.78 Å². The molecule has 1 aromatic rings. The first-order valence-corrected chi connectivity index (χ1v) is 4.33. The standard InChI is InChI=1S/C7H4Cl2F2OS/c8-4-2(7(10)11)1-3(12)6(13)5(4)9/h1,7,12-13H. The molecule has 0 amide bonds. The van der Waals surface area contributed by atoms with Crippen LogP contribution in [0, 0.1) is 0 Å². The zero-order valence-electron chi connectivity index (χ0n) is 6.06. The minimum absolute atomic E-state index is 0.00364. The second-order valence-corrected chi connectivity index (χ2v) is 3.47. The minimum Gasteiger partial charge on any atom is -0.507 e. The molecule has 1 N–H and O–H groups in total. The summed E-state index contributed by atoms with van der Waals surface area (Å²) < 4.78 is 24.5. The van der Waals surface area contributed by atoms with E-state index in [1.807, 2.05) is 0 Å². The lowest BCUT2D eigenvalue weighted by Gasteiger charge is -2.08. The number of rotatable bonds is 1. The summed E-state index contributed by atoms with van der Waals surface area (Å²) in [6.45, 7) is 0. The molecule has 0 unspecified atom stereocenters. The number of phenolic OH excluding ortho intramolecular Hbond substituents is 1. The number of hydrogen-bond donors (Lipinski definition) is 2. The van der Waals surface area contributed by atoms with Gasteiger partial charge in [0, 0.05) is 5.56 Å². The molecule has 6 heteroatoms. The van der Waals surface area contributed by atoms with Crippen molar-refractivity contribution in [1.82, 2.24) is 0 Å². The normalized spacial score (nSPS) is 10.9. The molecule has 0 atom stereocenters. The Kier molecular flexibility index (Phi) is 3.27. The Balaban J connectivity index is 3.41. The van der Waals surface area contributed by atoms with E-state index in [1.54, 1.807) is 0 Å². The zero-order valence-corrected chi connectivity index (χ0v) is 8.47. The van der Waals surface area contributed by atoms with Gasteiger partial charge in [0.2, 0.25) is 0 Å². The molecule has 0 aromatic heterocycles. The fourth-order valence-corrected chi connectivity index (χ4v) is 1.46. The molecule has 0 radical (unpaired) electrons. The molecule has 0 saturated heterocycles. The first kappa shape index (κ1) is 10.9. The summed E-state index contributed by atoms with van der Waals surface area (Å²) in [5, 5.41) is 8.66. The van der Waals surface area contributed by atoms with Crippen molar-refractivity contribution in [1.29, 1.82) is 0 Å². The van der Waals surface area contributed by atoms with Crippen LogP contribution in [-0.4, -0.2) is 5.11 Å². The summed E-state index contributed by atoms with van der Waals surface area (Å²) in [6.07, 6.45) is -2.77. The van der Waals surface area contributed by atoms with Crippen LogP contribution in [0.15, 0.2) is 11.0 Å². The molecule has 0 aliphatic rings. The SMILES string of the molecule is Oc1cc(C(F)F)c(Cl)c(Cl)c1S. The number of alkyl halides is 2. The maximum absolute atomic E-state index is 12.2.